The lowest BCUT2D eigenvalue weighted by atomic mass is 9.87. The minimum atomic E-state index is -0.114. The van der Waals surface area contributed by atoms with Crippen molar-refractivity contribution in [3.05, 3.63) is 162 Å². The van der Waals surface area contributed by atoms with Gasteiger partial charge in [0.05, 0.1) is 28.1 Å². The molecule has 0 saturated carbocycles. The van der Waals surface area contributed by atoms with Gasteiger partial charge in [0.25, 0.3) is 0 Å². The maximum Gasteiger partial charge on any atom is 0.207 e. The van der Waals surface area contributed by atoms with Crippen molar-refractivity contribution >= 4 is 55.4 Å². The Kier molecular flexibility index (Phi) is 7.41. The largest absolute Gasteiger partial charge is 0.369 e. The average Bonchev–Trinajstić information content (AvgIpc) is 3.65. The second-order valence-corrected chi connectivity index (χ2v) is 13.7. The molecular formula is C44H39N5. The SMILES string of the molecule is CC(N=C(N=C(N)n1c2ccccc2c2ccc3c4ccccc4n(-c4ccc(C(C)(C)C)cc4)c3c21)c1ccccc1)c1ccccc1. The van der Waals surface area contributed by atoms with E-state index in [1.165, 1.54) is 10.9 Å². The van der Waals surface area contributed by atoms with E-state index in [9.17, 15) is 0 Å². The molecule has 8 aromatic rings. The zero-order valence-corrected chi connectivity index (χ0v) is 28.3. The van der Waals surface area contributed by atoms with E-state index in [1.54, 1.807) is 0 Å². The third-order valence-electron chi connectivity index (χ3n) is 9.54. The van der Waals surface area contributed by atoms with E-state index < -0.39 is 0 Å². The summed E-state index contributed by atoms with van der Waals surface area (Å²) in [5.74, 6) is 0.951. The summed E-state index contributed by atoms with van der Waals surface area (Å²) in [6.45, 7) is 8.85. The van der Waals surface area contributed by atoms with Gasteiger partial charge in [-0.3, -0.25) is 9.56 Å². The highest BCUT2D eigenvalue weighted by atomic mass is 15.2. The molecule has 0 radical (unpaired) electrons. The molecule has 5 nitrogen and oxygen atoms in total. The summed E-state index contributed by atoms with van der Waals surface area (Å²) in [4.78, 5) is 10.3. The summed E-state index contributed by atoms with van der Waals surface area (Å²) in [5, 5.41) is 4.59. The van der Waals surface area contributed by atoms with Crippen molar-refractivity contribution in [3.8, 4) is 5.69 Å². The number of nitrogens with zero attached hydrogens (tertiary/aromatic N) is 4. The molecule has 0 saturated heterocycles. The molecule has 0 aliphatic rings. The lowest BCUT2D eigenvalue weighted by Crippen LogP contribution is -2.24. The lowest BCUT2D eigenvalue weighted by molar-refractivity contribution is 0.590. The first-order valence-electron chi connectivity index (χ1n) is 16.9. The number of benzene rings is 6. The number of aliphatic imine (C=N–C) groups is 2. The summed E-state index contributed by atoms with van der Waals surface area (Å²) >= 11 is 0. The molecule has 2 heterocycles. The van der Waals surface area contributed by atoms with Gasteiger partial charge in [-0.25, -0.2) is 0 Å². The van der Waals surface area contributed by atoms with E-state index in [2.05, 4.69) is 134 Å². The van der Waals surface area contributed by atoms with E-state index in [0.29, 0.717) is 11.8 Å². The number of amidine groups is 1. The van der Waals surface area contributed by atoms with E-state index in [0.717, 1.165) is 55.0 Å². The highest BCUT2D eigenvalue weighted by Gasteiger charge is 2.22. The van der Waals surface area contributed by atoms with Crippen LogP contribution in [-0.4, -0.2) is 20.9 Å². The standard InChI is InChI=1S/C44H39N5/c1-29(30-15-7-5-8-16-30)46-42(31-17-9-6-10-18-31)47-43(45)49-39-22-14-12-20-35(39)37-28-27-36-34-19-11-13-21-38(34)48(40(36)41(37)49)33-25-23-32(24-26-33)44(2,3)4/h5-29H,1-4H3,(H2,45,46,47). The van der Waals surface area contributed by atoms with Gasteiger partial charge in [0.15, 0.2) is 5.84 Å². The Bertz CT molecular complexity index is 2530. The van der Waals surface area contributed by atoms with Crippen LogP contribution in [0.3, 0.4) is 0 Å². The zero-order valence-electron chi connectivity index (χ0n) is 28.3. The maximum absolute atomic E-state index is 7.19. The van der Waals surface area contributed by atoms with E-state index >= 15 is 0 Å². The molecule has 0 aliphatic carbocycles. The molecule has 5 heteroatoms. The Morgan fingerprint density at radius 1 is 0.592 bits per heavy atom. The van der Waals surface area contributed by atoms with Gasteiger partial charge in [0, 0.05) is 32.8 Å². The van der Waals surface area contributed by atoms with Crippen LogP contribution in [0.25, 0.3) is 49.3 Å². The highest BCUT2D eigenvalue weighted by Crippen LogP contribution is 2.40. The smallest absolute Gasteiger partial charge is 0.207 e. The van der Waals surface area contributed by atoms with Crippen molar-refractivity contribution in [3.63, 3.8) is 0 Å². The van der Waals surface area contributed by atoms with Crippen LogP contribution in [0.15, 0.2) is 156 Å². The lowest BCUT2D eigenvalue weighted by Gasteiger charge is -2.19. The second-order valence-electron chi connectivity index (χ2n) is 13.7. The Balaban J connectivity index is 1.44. The van der Waals surface area contributed by atoms with Crippen LogP contribution in [0.5, 0.6) is 0 Å². The second kappa shape index (κ2) is 11.9. The summed E-state index contributed by atoms with van der Waals surface area (Å²) in [6.07, 6.45) is 0. The van der Waals surface area contributed by atoms with Crippen LogP contribution in [0.2, 0.25) is 0 Å². The fourth-order valence-electron chi connectivity index (χ4n) is 7.02. The summed E-state index contributed by atoms with van der Waals surface area (Å²) in [7, 11) is 0. The first-order chi connectivity index (χ1) is 23.8. The van der Waals surface area contributed by atoms with Crippen LogP contribution < -0.4 is 5.73 Å². The molecule has 1 unspecified atom stereocenters. The van der Waals surface area contributed by atoms with Crippen LogP contribution in [-0.2, 0) is 5.41 Å². The molecule has 0 bridgehead atoms. The Hall–Kier alpha value is -5.94. The minimum Gasteiger partial charge on any atom is -0.369 e. The van der Waals surface area contributed by atoms with Gasteiger partial charge in [-0.15, -0.1) is 0 Å². The van der Waals surface area contributed by atoms with E-state index in [-0.39, 0.29) is 11.5 Å². The van der Waals surface area contributed by atoms with E-state index in [1.807, 2.05) is 48.5 Å². The Labute approximate surface area is 286 Å². The average molecular weight is 638 g/mol. The van der Waals surface area contributed by atoms with Crippen molar-refractivity contribution in [1.29, 1.82) is 0 Å². The molecule has 240 valence electrons. The van der Waals surface area contributed by atoms with Crippen molar-refractivity contribution in [2.45, 2.75) is 39.2 Å². The fourth-order valence-corrected chi connectivity index (χ4v) is 7.02. The number of fused-ring (bicyclic) bond motifs is 7. The molecule has 0 spiro atoms. The molecule has 0 aliphatic heterocycles. The van der Waals surface area contributed by atoms with Gasteiger partial charge in [0.1, 0.15) is 0 Å². The predicted octanol–water partition coefficient (Wildman–Crippen LogP) is 10.6. The number of rotatable bonds is 4. The van der Waals surface area contributed by atoms with Gasteiger partial charge in [-0.1, -0.05) is 142 Å². The Morgan fingerprint density at radius 3 is 1.80 bits per heavy atom. The topological polar surface area (TPSA) is 60.6 Å². The number of hydrogen-bond acceptors (Lipinski definition) is 1. The van der Waals surface area contributed by atoms with Gasteiger partial charge in [-0.2, -0.15) is 4.99 Å². The number of aromatic nitrogens is 2. The van der Waals surface area contributed by atoms with Crippen molar-refractivity contribution in [1.82, 2.24) is 9.13 Å². The van der Waals surface area contributed by atoms with Gasteiger partial charge < -0.3 is 10.3 Å². The quantitative estimate of drug-likeness (QED) is 0.151. The van der Waals surface area contributed by atoms with Crippen molar-refractivity contribution in [2.75, 3.05) is 0 Å². The predicted molar refractivity (Wildman–Crippen MR) is 207 cm³/mol. The van der Waals surface area contributed by atoms with Crippen LogP contribution in [0.1, 0.15) is 50.4 Å². The Morgan fingerprint density at radius 2 is 1.14 bits per heavy atom. The fraction of sp³-hybridized carbons (Fsp3) is 0.136. The molecule has 0 amide bonds. The van der Waals surface area contributed by atoms with Crippen LogP contribution in [0, 0.1) is 0 Å². The van der Waals surface area contributed by atoms with Gasteiger partial charge in [-0.05, 0) is 47.7 Å². The van der Waals surface area contributed by atoms with Crippen LogP contribution in [0.4, 0.5) is 0 Å². The molecule has 49 heavy (non-hydrogen) atoms. The highest BCUT2D eigenvalue weighted by molar-refractivity contribution is 6.26. The summed E-state index contributed by atoms with van der Waals surface area (Å²) in [6, 6.07) is 50.8. The van der Waals surface area contributed by atoms with Crippen molar-refractivity contribution < 1.29 is 0 Å². The summed E-state index contributed by atoms with van der Waals surface area (Å²) < 4.78 is 4.50. The van der Waals surface area contributed by atoms with Gasteiger partial charge >= 0.3 is 0 Å². The molecular weight excluding hydrogens is 599 g/mol. The third-order valence-corrected chi connectivity index (χ3v) is 9.54. The van der Waals surface area contributed by atoms with E-state index in [4.69, 9.17) is 15.7 Å². The monoisotopic (exact) mass is 637 g/mol. The summed E-state index contributed by atoms with van der Waals surface area (Å²) in [5.41, 5.74) is 15.9. The number of nitrogens with two attached hydrogens (primary N) is 1. The molecule has 2 aromatic heterocycles. The first-order valence-corrected chi connectivity index (χ1v) is 16.9. The molecule has 2 N–H and O–H groups in total. The molecule has 0 fully saturated rings. The molecule has 8 rings (SSSR count). The number of para-hydroxylation sites is 2. The van der Waals surface area contributed by atoms with Crippen molar-refractivity contribution in [2.24, 2.45) is 15.7 Å². The van der Waals surface area contributed by atoms with Gasteiger partial charge in [0.2, 0.25) is 5.96 Å². The minimum absolute atomic E-state index is 0.0555. The normalized spacial score (nSPS) is 13.6. The maximum atomic E-state index is 7.19. The molecule has 1 atom stereocenters. The first kappa shape index (κ1) is 30.4. The zero-order chi connectivity index (χ0) is 33.7. The number of hydrogen-bond donors (Lipinski definition) is 1. The third kappa shape index (κ3) is 5.28. The molecule has 6 aromatic carbocycles. The van der Waals surface area contributed by atoms with Crippen LogP contribution >= 0.6 is 0 Å².